The average molecular weight is 302 g/mol. The molecule has 0 saturated heterocycles. The fraction of sp³-hybridized carbons (Fsp3) is 0.333. The van der Waals surface area contributed by atoms with Crippen molar-refractivity contribution in [3.05, 3.63) is 40.6 Å². The van der Waals surface area contributed by atoms with Gasteiger partial charge in [0.25, 0.3) is 0 Å². The van der Waals surface area contributed by atoms with Crippen molar-refractivity contribution in [2.24, 2.45) is 0 Å². The Labute approximate surface area is 127 Å². The highest BCUT2D eigenvalue weighted by Crippen LogP contribution is 2.32. The highest BCUT2D eigenvalue weighted by molar-refractivity contribution is 7.09. The molecule has 0 amide bonds. The van der Waals surface area contributed by atoms with Gasteiger partial charge in [0.15, 0.2) is 0 Å². The van der Waals surface area contributed by atoms with Crippen LogP contribution >= 0.6 is 11.3 Å². The van der Waals surface area contributed by atoms with Crippen LogP contribution in [0.2, 0.25) is 0 Å². The number of nitrogens with two attached hydrogens (primary N) is 1. The summed E-state index contributed by atoms with van der Waals surface area (Å²) in [4.78, 5) is 8.99. The Morgan fingerprint density at radius 1 is 1.43 bits per heavy atom. The molecule has 6 heteroatoms. The van der Waals surface area contributed by atoms with Gasteiger partial charge in [0.05, 0.1) is 17.1 Å². The number of aliphatic hydroxyl groups is 1. The molecule has 0 aliphatic rings. The zero-order valence-corrected chi connectivity index (χ0v) is 12.8. The van der Waals surface area contributed by atoms with Crippen molar-refractivity contribution in [3.63, 3.8) is 0 Å². The van der Waals surface area contributed by atoms with Crippen molar-refractivity contribution >= 4 is 28.1 Å². The van der Waals surface area contributed by atoms with Gasteiger partial charge >= 0.3 is 0 Å². The summed E-state index contributed by atoms with van der Waals surface area (Å²) in [6, 6.07) is 5.73. The normalized spacial score (nSPS) is 14.4. The zero-order valence-electron chi connectivity index (χ0n) is 12.0. The van der Waals surface area contributed by atoms with Crippen molar-refractivity contribution in [2.45, 2.75) is 32.4 Å². The summed E-state index contributed by atoms with van der Waals surface area (Å²) in [5, 5.41) is 13.1. The van der Waals surface area contributed by atoms with Crippen molar-refractivity contribution < 1.29 is 5.11 Å². The first-order chi connectivity index (χ1) is 10.1. The summed E-state index contributed by atoms with van der Waals surface area (Å²) < 4.78 is 2.08. The molecule has 0 saturated carbocycles. The lowest BCUT2D eigenvalue weighted by Crippen LogP contribution is -2.14. The molecule has 3 N–H and O–H groups in total. The number of aromatic nitrogens is 3. The second kappa shape index (κ2) is 5.46. The van der Waals surface area contributed by atoms with Crippen LogP contribution in [-0.2, 0) is 0 Å². The highest BCUT2D eigenvalue weighted by Gasteiger charge is 2.23. The van der Waals surface area contributed by atoms with Gasteiger partial charge in [-0.1, -0.05) is 6.92 Å². The van der Waals surface area contributed by atoms with Gasteiger partial charge in [0.1, 0.15) is 16.9 Å². The van der Waals surface area contributed by atoms with E-state index in [1.165, 1.54) is 0 Å². The molecule has 0 aliphatic heterocycles. The van der Waals surface area contributed by atoms with E-state index in [-0.39, 0.29) is 6.04 Å². The van der Waals surface area contributed by atoms with E-state index in [1.807, 2.05) is 29.8 Å². The van der Waals surface area contributed by atoms with Crippen LogP contribution in [0.3, 0.4) is 0 Å². The highest BCUT2D eigenvalue weighted by atomic mass is 32.1. The van der Waals surface area contributed by atoms with Crippen LogP contribution in [0.25, 0.3) is 11.0 Å². The van der Waals surface area contributed by atoms with E-state index in [9.17, 15) is 5.11 Å². The van der Waals surface area contributed by atoms with Crippen LogP contribution in [0, 0.1) is 0 Å². The number of nitrogen functional groups attached to an aromatic ring is 1. The van der Waals surface area contributed by atoms with E-state index in [1.54, 1.807) is 18.3 Å². The summed E-state index contributed by atoms with van der Waals surface area (Å²) in [6.07, 6.45) is 2.04. The molecule has 21 heavy (non-hydrogen) atoms. The predicted octanol–water partition coefficient (Wildman–Crippen LogP) is 3.13. The van der Waals surface area contributed by atoms with Gasteiger partial charge < -0.3 is 15.4 Å². The largest absolute Gasteiger partial charge is 0.399 e. The molecule has 2 heterocycles. The van der Waals surface area contributed by atoms with E-state index in [2.05, 4.69) is 21.5 Å². The number of anilines is 1. The van der Waals surface area contributed by atoms with Crippen molar-refractivity contribution in [3.8, 4) is 0 Å². The molecule has 0 aliphatic carbocycles. The first kappa shape index (κ1) is 14.0. The van der Waals surface area contributed by atoms with E-state index < -0.39 is 6.10 Å². The Bertz CT molecular complexity index is 748. The van der Waals surface area contributed by atoms with Gasteiger partial charge in [-0.2, -0.15) is 0 Å². The number of fused-ring (bicyclic) bond motifs is 1. The molecule has 2 atom stereocenters. The number of rotatable bonds is 4. The minimum Gasteiger partial charge on any atom is -0.399 e. The summed E-state index contributed by atoms with van der Waals surface area (Å²) in [5.41, 5.74) is 8.29. The molecule has 0 fully saturated rings. The van der Waals surface area contributed by atoms with Gasteiger partial charge in [-0.05, 0) is 31.5 Å². The summed E-state index contributed by atoms with van der Waals surface area (Å²) in [6.45, 7) is 3.84. The molecule has 3 aromatic rings. The van der Waals surface area contributed by atoms with Crippen molar-refractivity contribution in [1.29, 1.82) is 0 Å². The molecule has 3 rings (SSSR count). The maximum absolute atomic E-state index is 10.1. The molecule has 0 spiro atoms. The Hall–Kier alpha value is -1.92. The molecule has 1 aromatic carbocycles. The summed E-state index contributed by atoms with van der Waals surface area (Å²) >= 11 is 1.62. The Balaban J connectivity index is 2.26. The minimum absolute atomic E-state index is 0.0724. The second-order valence-electron chi connectivity index (χ2n) is 5.06. The van der Waals surface area contributed by atoms with E-state index in [4.69, 9.17) is 5.73 Å². The van der Waals surface area contributed by atoms with Crippen LogP contribution < -0.4 is 5.73 Å². The van der Waals surface area contributed by atoms with E-state index in [0.29, 0.717) is 11.5 Å². The molecule has 0 bridgehead atoms. The van der Waals surface area contributed by atoms with Crippen LogP contribution in [0.1, 0.15) is 43.2 Å². The fourth-order valence-corrected chi connectivity index (χ4v) is 3.44. The Kier molecular flexibility index (Phi) is 3.65. The SMILES string of the molecule is CCC(c1nccs1)n1c(C(C)O)nc2cc(N)ccc21. The Morgan fingerprint density at radius 2 is 2.24 bits per heavy atom. The zero-order chi connectivity index (χ0) is 15.0. The first-order valence-corrected chi connectivity index (χ1v) is 7.84. The van der Waals surface area contributed by atoms with Gasteiger partial charge in [-0.25, -0.2) is 9.97 Å². The lowest BCUT2D eigenvalue weighted by molar-refractivity contribution is 0.182. The number of benzene rings is 1. The number of thiazole rings is 1. The van der Waals surface area contributed by atoms with E-state index in [0.717, 1.165) is 22.5 Å². The van der Waals surface area contributed by atoms with Crippen LogP contribution in [0.5, 0.6) is 0 Å². The fourth-order valence-electron chi connectivity index (χ4n) is 2.62. The molecule has 5 nitrogen and oxygen atoms in total. The van der Waals surface area contributed by atoms with E-state index >= 15 is 0 Å². The third-order valence-corrected chi connectivity index (χ3v) is 4.43. The molecule has 110 valence electrons. The predicted molar refractivity (Wildman–Crippen MR) is 85.3 cm³/mol. The average Bonchev–Trinajstić information content (AvgIpc) is 3.08. The number of imidazole rings is 1. The van der Waals surface area contributed by atoms with Gasteiger partial charge in [0.2, 0.25) is 0 Å². The molecule has 2 unspecified atom stereocenters. The topological polar surface area (TPSA) is 77.0 Å². The Morgan fingerprint density at radius 3 is 2.86 bits per heavy atom. The molecule has 2 aromatic heterocycles. The lowest BCUT2D eigenvalue weighted by Gasteiger charge is -2.19. The number of nitrogens with zero attached hydrogens (tertiary/aromatic N) is 3. The van der Waals surface area contributed by atoms with Crippen LogP contribution in [0.15, 0.2) is 29.8 Å². The maximum Gasteiger partial charge on any atom is 0.139 e. The second-order valence-corrected chi connectivity index (χ2v) is 5.98. The van der Waals surface area contributed by atoms with Crippen LogP contribution in [-0.4, -0.2) is 19.6 Å². The third-order valence-electron chi connectivity index (χ3n) is 3.55. The van der Waals surface area contributed by atoms with Gasteiger partial charge in [-0.15, -0.1) is 11.3 Å². The third kappa shape index (κ3) is 2.41. The standard InChI is InChI=1S/C15H18N4OS/c1-3-12(15-17-6-7-21-15)19-13-5-4-10(16)8-11(13)18-14(19)9(2)20/h4-9,12,20H,3,16H2,1-2H3. The van der Waals surface area contributed by atoms with Gasteiger partial charge in [0, 0.05) is 17.3 Å². The summed E-state index contributed by atoms with van der Waals surface area (Å²) in [7, 11) is 0. The number of aliphatic hydroxyl groups excluding tert-OH is 1. The first-order valence-electron chi connectivity index (χ1n) is 6.96. The molecule has 0 radical (unpaired) electrons. The quantitative estimate of drug-likeness (QED) is 0.726. The minimum atomic E-state index is -0.646. The maximum atomic E-state index is 10.1. The lowest BCUT2D eigenvalue weighted by atomic mass is 10.2. The number of hydrogen-bond acceptors (Lipinski definition) is 5. The van der Waals surface area contributed by atoms with Crippen molar-refractivity contribution in [2.75, 3.05) is 5.73 Å². The van der Waals surface area contributed by atoms with Crippen molar-refractivity contribution in [1.82, 2.24) is 14.5 Å². The summed E-state index contributed by atoms with van der Waals surface area (Å²) in [5.74, 6) is 0.651. The molecular weight excluding hydrogens is 284 g/mol. The smallest absolute Gasteiger partial charge is 0.139 e. The molecular formula is C15H18N4OS. The van der Waals surface area contributed by atoms with Crippen LogP contribution in [0.4, 0.5) is 5.69 Å². The van der Waals surface area contributed by atoms with Gasteiger partial charge in [-0.3, -0.25) is 0 Å². The monoisotopic (exact) mass is 302 g/mol. The number of hydrogen-bond donors (Lipinski definition) is 2.